The van der Waals surface area contributed by atoms with E-state index in [2.05, 4.69) is 57.3 Å². The Morgan fingerprint density at radius 3 is 2.25 bits per heavy atom. The van der Waals surface area contributed by atoms with E-state index in [0.717, 1.165) is 45.1 Å². The molecule has 2 nitrogen and oxygen atoms in total. The Kier molecular flexibility index (Phi) is 20.2. The van der Waals surface area contributed by atoms with Crippen molar-refractivity contribution < 1.29 is 5.11 Å². The molecule has 0 aromatic heterocycles. The van der Waals surface area contributed by atoms with Gasteiger partial charge in [-0.25, -0.2) is 0 Å². The molecule has 0 spiro atoms. The van der Waals surface area contributed by atoms with Crippen molar-refractivity contribution in [3.8, 4) is 0 Å². The number of nitrogens with one attached hydrogen (secondary N) is 1. The first-order valence-corrected chi connectivity index (χ1v) is 12.0. The summed E-state index contributed by atoms with van der Waals surface area (Å²) >= 11 is 0. The second kappa shape index (κ2) is 20.9. The zero-order valence-corrected chi connectivity index (χ0v) is 19.4. The Hall–Kier alpha value is -0.860. The van der Waals surface area contributed by atoms with E-state index in [0.29, 0.717) is 12.6 Å². The number of unbranched alkanes of at least 4 members (excludes halogenated alkanes) is 5. The lowest BCUT2D eigenvalue weighted by atomic mass is 10.0. The van der Waals surface area contributed by atoms with Gasteiger partial charge in [-0.05, 0) is 77.7 Å². The molecule has 0 rings (SSSR count). The average molecular weight is 392 g/mol. The summed E-state index contributed by atoms with van der Waals surface area (Å²) < 4.78 is 0. The molecule has 0 aromatic rings. The molecule has 0 fully saturated rings. The van der Waals surface area contributed by atoms with Crippen LogP contribution in [0.15, 0.2) is 35.5 Å². The first-order chi connectivity index (χ1) is 13.7. The Morgan fingerprint density at radius 1 is 0.857 bits per heavy atom. The highest BCUT2D eigenvalue weighted by Gasteiger charge is 2.05. The summed E-state index contributed by atoms with van der Waals surface area (Å²) in [6, 6.07) is 0.564. The largest absolute Gasteiger partial charge is 0.396 e. The minimum atomic E-state index is 0.318. The summed E-state index contributed by atoms with van der Waals surface area (Å²) in [7, 11) is 0. The first kappa shape index (κ1) is 27.1. The fourth-order valence-electron chi connectivity index (χ4n) is 3.45. The minimum absolute atomic E-state index is 0.318. The predicted molar refractivity (Wildman–Crippen MR) is 127 cm³/mol. The van der Waals surface area contributed by atoms with Gasteiger partial charge in [0.15, 0.2) is 0 Å². The van der Waals surface area contributed by atoms with Crippen LogP contribution >= 0.6 is 0 Å². The molecular formula is C26H49NO. The molecule has 2 N–H and O–H groups in total. The van der Waals surface area contributed by atoms with Crippen LogP contribution in [0.4, 0.5) is 0 Å². The van der Waals surface area contributed by atoms with E-state index in [4.69, 9.17) is 5.11 Å². The molecular weight excluding hydrogens is 342 g/mol. The number of allylic oxidation sites excluding steroid dienone is 5. The smallest absolute Gasteiger partial charge is 0.0431 e. The Balaban J connectivity index is 4.09. The van der Waals surface area contributed by atoms with Gasteiger partial charge in [0.05, 0.1) is 0 Å². The van der Waals surface area contributed by atoms with Crippen molar-refractivity contribution in [2.24, 2.45) is 0 Å². The lowest BCUT2D eigenvalue weighted by Crippen LogP contribution is -2.29. The quantitative estimate of drug-likeness (QED) is 0.176. The third kappa shape index (κ3) is 16.1. The fraction of sp³-hybridized carbons (Fsp3) is 0.769. The van der Waals surface area contributed by atoms with E-state index >= 15 is 0 Å². The highest BCUT2D eigenvalue weighted by Crippen LogP contribution is 2.16. The van der Waals surface area contributed by atoms with Crippen molar-refractivity contribution in [2.45, 2.75) is 117 Å². The van der Waals surface area contributed by atoms with Crippen LogP contribution in [0.3, 0.4) is 0 Å². The zero-order valence-electron chi connectivity index (χ0n) is 19.4. The Labute approximate surface area is 176 Å². The van der Waals surface area contributed by atoms with Gasteiger partial charge >= 0.3 is 0 Å². The zero-order chi connectivity index (χ0) is 20.9. The summed E-state index contributed by atoms with van der Waals surface area (Å²) in [4.78, 5) is 0. The SMILES string of the molecule is CCCCCCNC(C/C=C/CC/C=C/C/C(CC)=C(\C)CC)CCCCO. The molecule has 0 aliphatic carbocycles. The number of hydrogen-bond acceptors (Lipinski definition) is 2. The van der Waals surface area contributed by atoms with Crippen molar-refractivity contribution in [1.29, 1.82) is 0 Å². The van der Waals surface area contributed by atoms with Crippen molar-refractivity contribution in [3.05, 3.63) is 35.5 Å². The normalized spacial score (nSPS) is 14.2. The van der Waals surface area contributed by atoms with Gasteiger partial charge in [0.2, 0.25) is 0 Å². The summed E-state index contributed by atoms with van der Waals surface area (Å²) in [5.74, 6) is 0. The van der Waals surface area contributed by atoms with Crippen LogP contribution in [-0.2, 0) is 0 Å². The van der Waals surface area contributed by atoms with Crippen molar-refractivity contribution in [2.75, 3.05) is 13.2 Å². The van der Waals surface area contributed by atoms with Crippen LogP contribution in [0.5, 0.6) is 0 Å². The number of rotatable bonds is 19. The van der Waals surface area contributed by atoms with Crippen molar-refractivity contribution >= 4 is 0 Å². The van der Waals surface area contributed by atoms with Crippen molar-refractivity contribution in [1.82, 2.24) is 5.32 Å². The molecule has 0 saturated heterocycles. The molecule has 0 aromatic carbocycles. The molecule has 28 heavy (non-hydrogen) atoms. The summed E-state index contributed by atoms with van der Waals surface area (Å²) in [6.07, 6.45) is 24.7. The van der Waals surface area contributed by atoms with Crippen LogP contribution in [0, 0.1) is 0 Å². The average Bonchev–Trinajstić information content (AvgIpc) is 2.71. The molecule has 0 bridgehead atoms. The topological polar surface area (TPSA) is 32.3 Å². The van der Waals surface area contributed by atoms with Crippen molar-refractivity contribution in [3.63, 3.8) is 0 Å². The Morgan fingerprint density at radius 2 is 1.61 bits per heavy atom. The molecule has 0 aliphatic rings. The van der Waals surface area contributed by atoms with E-state index in [1.54, 1.807) is 11.1 Å². The second-order valence-electron chi connectivity index (χ2n) is 7.98. The standard InChI is InChI=1S/C26H49NO/c1-5-8-9-17-22-27-26(21-16-18-23-28)20-15-13-11-10-12-14-19-25(7-3)24(4)6-2/h12-15,26-28H,5-11,16-23H2,1-4H3/b14-12+,15-13+,25-24+. The molecule has 1 unspecified atom stereocenters. The van der Waals surface area contributed by atoms with E-state index in [1.807, 2.05) is 0 Å². The van der Waals surface area contributed by atoms with Gasteiger partial charge in [-0.3, -0.25) is 0 Å². The maximum atomic E-state index is 9.02. The van der Waals surface area contributed by atoms with Crippen LogP contribution in [-0.4, -0.2) is 24.3 Å². The van der Waals surface area contributed by atoms with Gasteiger partial charge in [-0.15, -0.1) is 0 Å². The molecule has 0 heterocycles. The first-order valence-electron chi connectivity index (χ1n) is 12.0. The van der Waals surface area contributed by atoms with E-state index in [1.165, 1.54) is 44.9 Å². The highest BCUT2D eigenvalue weighted by molar-refractivity contribution is 5.14. The van der Waals surface area contributed by atoms with Crippen LogP contribution in [0.25, 0.3) is 0 Å². The molecule has 0 aliphatic heterocycles. The van der Waals surface area contributed by atoms with Crippen LogP contribution in [0.1, 0.15) is 111 Å². The van der Waals surface area contributed by atoms with Gasteiger partial charge in [-0.2, -0.15) is 0 Å². The fourth-order valence-corrected chi connectivity index (χ4v) is 3.45. The molecule has 0 radical (unpaired) electrons. The number of aliphatic hydroxyl groups excluding tert-OH is 1. The maximum Gasteiger partial charge on any atom is 0.0431 e. The third-order valence-electron chi connectivity index (χ3n) is 5.60. The van der Waals surface area contributed by atoms with Gasteiger partial charge in [0.25, 0.3) is 0 Å². The second-order valence-corrected chi connectivity index (χ2v) is 7.98. The molecule has 164 valence electrons. The van der Waals surface area contributed by atoms with Crippen LogP contribution < -0.4 is 5.32 Å². The van der Waals surface area contributed by atoms with Gasteiger partial charge in [0, 0.05) is 12.6 Å². The number of hydrogen-bond donors (Lipinski definition) is 2. The summed E-state index contributed by atoms with van der Waals surface area (Å²) in [5, 5.41) is 12.8. The molecule has 0 saturated carbocycles. The lowest BCUT2D eigenvalue weighted by molar-refractivity contribution is 0.279. The minimum Gasteiger partial charge on any atom is -0.396 e. The van der Waals surface area contributed by atoms with Gasteiger partial charge in [0.1, 0.15) is 0 Å². The lowest BCUT2D eigenvalue weighted by Gasteiger charge is -2.17. The van der Waals surface area contributed by atoms with E-state index in [9.17, 15) is 0 Å². The third-order valence-corrected chi connectivity index (χ3v) is 5.60. The summed E-state index contributed by atoms with van der Waals surface area (Å²) in [6.45, 7) is 10.5. The summed E-state index contributed by atoms with van der Waals surface area (Å²) in [5.41, 5.74) is 3.16. The number of aliphatic hydroxyl groups is 1. The molecule has 2 heteroatoms. The monoisotopic (exact) mass is 391 g/mol. The van der Waals surface area contributed by atoms with E-state index in [-0.39, 0.29) is 0 Å². The van der Waals surface area contributed by atoms with E-state index < -0.39 is 0 Å². The Bertz CT molecular complexity index is 422. The maximum absolute atomic E-state index is 9.02. The van der Waals surface area contributed by atoms with Gasteiger partial charge in [-0.1, -0.05) is 75.5 Å². The predicted octanol–water partition coefficient (Wildman–Crippen LogP) is 7.50. The van der Waals surface area contributed by atoms with Crippen LogP contribution in [0.2, 0.25) is 0 Å². The molecule has 0 amide bonds. The van der Waals surface area contributed by atoms with Gasteiger partial charge < -0.3 is 10.4 Å². The highest BCUT2D eigenvalue weighted by atomic mass is 16.2. The molecule has 1 atom stereocenters.